The normalized spacial score (nSPS) is 15.0. The van der Waals surface area contributed by atoms with E-state index in [1.54, 1.807) is 14.2 Å². The topological polar surface area (TPSA) is 34.1 Å². The van der Waals surface area contributed by atoms with Crippen LogP contribution in [0.15, 0.2) is 71.7 Å². The van der Waals surface area contributed by atoms with Crippen LogP contribution in [0, 0.1) is 0 Å². The predicted octanol–water partition coefficient (Wildman–Crippen LogP) is 5.85. The third kappa shape index (κ3) is 3.76. The van der Waals surface area contributed by atoms with E-state index in [4.69, 9.17) is 14.5 Å². The summed E-state index contributed by atoms with van der Waals surface area (Å²) in [5.41, 5.74) is 7.36. The lowest BCUT2D eigenvalue weighted by Gasteiger charge is -2.29. The lowest BCUT2D eigenvalue weighted by atomic mass is 9.91. The maximum atomic E-state index is 5.48. The molecule has 0 aromatic heterocycles. The minimum Gasteiger partial charge on any atom is -0.493 e. The van der Waals surface area contributed by atoms with Gasteiger partial charge < -0.3 is 14.4 Å². The van der Waals surface area contributed by atoms with E-state index in [-0.39, 0.29) is 18.3 Å². The van der Waals surface area contributed by atoms with Crippen molar-refractivity contribution in [2.45, 2.75) is 12.8 Å². The Kier molecular flexibility index (Phi) is 6.24. The minimum absolute atomic E-state index is 0. The molecule has 164 valence electrons. The molecule has 0 N–H and O–H groups in total. The molecule has 5 rings (SSSR count). The molecule has 0 amide bonds. The molecule has 1 unspecified atom stereocenters. The number of hydrogen-bond acceptors (Lipinski definition) is 4. The third-order valence-electron chi connectivity index (χ3n) is 6.24. The quantitative estimate of drug-likeness (QED) is 0.493. The largest absolute Gasteiger partial charge is 0.493 e. The van der Waals surface area contributed by atoms with Gasteiger partial charge in [0.25, 0.3) is 0 Å². The number of benzene rings is 3. The van der Waals surface area contributed by atoms with E-state index in [1.165, 1.54) is 33.5 Å². The van der Waals surface area contributed by atoms with E-state index in [1.807, 2.05) is 6.07 Å². The van der Waals surface area contributed by atoms with Crippen molar-refractivity contribution in [2.75, 3.05) is 27.3 Å². The van der Waals surface area contributed by atoms with Crippen LogP contribution in [0.2, 0.25) is 0 Å². The summed E-state index contributed by atoms with van der Waals surface area (Å²) >= 11 is 0. The summed E-state index contributed by atoms with van der Waals surface area (Å²) in [6.45, 7) is 3.99. The number of halogens is 1. The van der Waals surface area contributed by atoms with E-state index >= 15 is 0 Å². The Morgan fingerprint density at radius 3 is 2.34 bits per heavy atom. The Bertz CT molecular complexity index is 1180. The first-order chi connectivity index (χ1) is 15.2. The molecule has 4 nitrogen and oxygen atoms in total. The Morgan fingerprint density at radius 2 is 1.59 bits per heavy atom. The van der Waals surface area contributed by atoms with Crippen molar-refractivity contribution in [2.24, 2.45) is 4.99 Å². The van der Waals surface area contributed by atoms with Crippen molar-refractivity contribution in [1.29, 1.82) is 0 Å². The zero-order chi connectivity index (χ0) is 21.4. The molecule has 32 heavy (non-hydrogen) atoms. The van der Waals surface area contributed by atoms with Crippen LogP contribution in [-0.2, 0) is 0 Å². The number of methoxy groups -OCH3 is 2. The summed E-state index contributed by atoms with van der Waals surface area (Å²) in [7, 11) is 3.33. The van der Waals surface area contributed by atoms with Crippen LogP contribution in [0.4, 0.5) is 0 Å². The molecule has 0 saturated carbocycles. The second kappa shape index (κ2) is 9.09. The number of amidine groups is 1. The van der Waals surface area contributed by atoms with Gasteiger partial charge in [-0.25, -0.2) is 0 Å². The van der Waals surface area contributed by atoms with Crippen molar-refractivity contribution in [3.8, 4) is 11.5 Å². The number of fused-ring (bicyclic) bond motifs is 3. The highest BCUT2D eigenvalue weighted by molar-refractivity contribution is 6.12. The molecule has 0 aliphatic carbocycles. The SMILES string of the molecule is COc1ccc(C(C)c2ccc(C3=Cc4ccccc4C4=NCCN34)cc2)cc1OC.Cl. The van der Waals surface area contributed by atoms with Gasteiger partial charge in [-0.15, -0.1) is 12.4 Å². The minimum atomic E-state index is 0. The van der Waals surface area contributed by atoms with Crippen LogP contribution in [0.1, 0.15) is 40.7 Å². The molecule has 0 spiro atoms. The fourth-order valence-corrected chi connectivity index (χ4v) is 4.46. The summed E-state index contributed by atoms with van der Waals surface area (Å²) in [4.78, 5) is 7.11. The first-order valence-electron chi connectivity index (χ1n) is 10.6. The second-order valence-electron chi connectivity index (χ2n) is 7.93. The zero-order valence-corrected chi connectivity index (χ0v) is 19.4. The van der Waals surface area contributed by atoms with E-state index in [2.05, 4.69) is 78.6 Å². The molecule has 0 fully saturated rings. The van der Waals surface area contributed by atoms with Crippen molar-refractivity contribution in [3.05, 3.63) is 94.5 Å². The first-order valence-corrected chi connectivity index (χ1v) is 10.6. The molecule has 5 heteroatoms. The second-order valence-corrected chi connectivity index (χ2v) is 7.93. The number of ether oxygens (including phenoxy) is 2. The van der Waals surface area contributed by atoms with E-state index in [0.717, 1.165) is 30.4 Å². The molecule has 1 atom stereocenters. The molecule has 3 aromatic rings. The van der Waals surface area contributed by atoms with Crippen LogP contribution >= 0.6 is 12.4 Å². The molecule has 2 aliphatic rings. The molecule has 0 radical (unpaired) electrons. The highest BCUT2D eigenvalue weighted by Gasteiger charge is 2.28. The molecule has 0 bridgehead atoms. The van der Waals surface area contributed by atoms with Gasteiger partial charge in [0.15, 0.2) is 11.5 Å². The van der Waals surface area contributed by atoms with Gasteiger partial charge in [0.2, 0.25) is 0 Å². The van der Waals surface area contributed by atoms with Gasteiger partial charge in [-0.1, -0.05) is 61.5 Å². The summed E-state index contributed by atoms with van der Waals surface area (Å²) in [5, 5.41) is 0. The highest BCUT2D eigenvalue weighted by Crippen LogP contribution is 2.36. The third-order valence-corrected chi connectivity index (χ3v) is 6.24. The maximum Gasteiger partial charge on any atom is 0.161 e. The van der Waals surface area contributed by atoms with Gasteiger partial charge in [0.1, 0.15) is 5.84 Å². The summed E-state index contributed by atoms with van der Waals surface area (Å²) in [5.74, 6) is 2.85. The summed E-state index contributed by atoms with van der Waals surface area (Å²) < 4.78 is 10.9. The Labute approximate surface area is 195 Å². The Balaban J connectivity index is 0.00000245. The van der Waals surface area contributed by atoms with Crippen LogP contribution < -0.4 is 9.47 Å². The highest BCUT2D eigenvalue weighted by atomic mass is 35.5. The summed E-state index contributed by atoms with van der Waals surface area (Å²) in [6, 6.07) is 23.5. The van der Waals surface area contributed by atoms with Gasteiger partial charge in [-0.2, -0.15) is 0 Å². The Morgan fingerprint density at radius 1 is 0.875 bits per heavy atom. The van der Waals surface area contributed by atoms with Gasteiger partial charge in [0, 0.05) is 18.0 Å². The van der Waals surface area contributed by atoms with Crippen LogP contribution in [0.25, 0.3) is 11.8 Å². The maximum absolute atomic E-state index is 5.48. The molecule has 2 aliphatic heterocycles. The lowest BCUT2D eigenvalue weighted by Crippen LogP contribution is -2.30. The predicted molar refractivity (Wildman–Crippen MR) is 133 cm³/mol. The van der Waals surface area contributed by atoms with Gasteiger partial charge in [-0.3, -0.25) is 4.99 Å². The van der Waals surface area contributed by atoms with Crippen LogP contribution in [0.3, 0.4) is 0 Å². The molecule has 3 aromatic carbocycles. The first kappa shape index (κ1) is 22.0. The average molecular weight is 447 g/mol. The molecule has 2 heterocycles. The van der Waals surface area contributed by atoms with Crippen molar-refractivity contribution >= 4 is 30.0 Å². The molecular weight excluding hydrogens is 420 g/mol. The van der Waals surface area contributed by atoms with E-state index in [0.29, 0.717) is 0 Å². The van der Waals surface area contributed by atoms with Crippen molar-refractivity contribution in [3.63, 3.8) is 0 Å². The molecular formula is C27H27ClN2O2. The number of nitrogens with zero attached hydrogens (tertiary/aromatic N) is 2. The number of hydrogen-bond donors (Lipinski definition) is 0. The van der Waals surface area contributed by atoms with E-state index in [9.17, 15) is 0 Å². The van der Waals surface area contributed by atoms with Crippen molar-refractivity contribution < 1.29 is 9.47 Å². The number of aliphatic imine (C=N–C) groups is 1. The fraction of sp³-hybridized carbons (Fsp3) is 0.222. The monoisotopic (exact) mass is 446 g/mol. The lowest BCUT2D eigenvalue weighted by molar-refractivity contribution is 0.354. The Hall–Kier alpha value is -3.24. The van der Waals surface area contributed by atoms with Crippen LogP contribution in [0.5, 0.6) is 11.5 Å². The average Bonchev–Trinajstić information content (AvgIpc) is 3.33. The van der Waals surface area contributed by atoms with E-state index < -0.39 is 0 Å². The fourth-order valence-electron chi connectivity index (χ4n) is 4.46. The van der Waals surface area contributed by atoms with Gasteiger partial charge in [-0.05, 0) is 40.5 Å². The number of rotatable bonds is 5. The van der Waals surface area contributed by atoms with Gasteiger partial charge in [0.05, 0.1) is 26.5 Å². The van der Waals surface area contributed by atoms with Crippen molar-refractivity contribution in [1.82, 2.24) is 4.90 Å². The molecule has 0 saturated heterocycles. The standard InChI is InChI=1S/C27H26N2O2.ClH/c1-18(21-12-13-25(30-2)26(17-21)31-3)19-8-10-20(11-9-19)24-16-22-6-4-5-7-23(22)27-28-14-15-29(24)27;/h4-13,16-18H,14-15H2,1-3H3;1H. The van der Waals surface area contributed by atoms with Gasteiger partial charge >= 0.3 is 0 Å². The zero-order valence-electron chi connectivity index (χ0n) is 18.5. The van der Waals surface area contributed by atoms with Crippen LogP contribution in [-0.4, -0.2) is 38.0 Å². The summed E-state index contributed by atoms with van der Waals surface area (Å²) in [6.07, 6.45) is 2.28. The smallest absolute Gasteiger partial charge is 0.161 e.